The average Bonchev–Trinajstić information content (AvgIpc) is 2.27. The zero-order valence-electron chi connectivity index (χ0n) is 9.72. The van der Waals surface area contributed by atoms with E-state index in [2.05, 4.69) is 15.3 Å². The maximum atomic E-state index is 5.49. The topological polar surface area (TPSA) is 73.1 Å². The molecule has 92 valence electrons. The van der Waals surface area contributed by atoms with Crippen LogP contribution < -0.4 is 11.1 Å². The number of rotatable bonds is 5. The molecule has 0 atom stereocenters. The molecule has 1 aliphatic carbocycles. The van der Waals surface area contributed by atoms with Crippen molar-refractivity contribution in [2.75, 3.05) is 11.9 Å². The number of ether oxygens (including phenoxy) is 1. The van der Waals surface area contributed by atoms with Crippen molar-refractivity contribution in [3.8, 4) is 0 Å². The third-order valence-electron chi connectivity index (χ3n) is 2.75. The number of nitrogens with zero attached hydrogens (tertiary/aromatic N) is 2. The molecule has 0 unspecified atom stereocenters. The highest BCUT2D eigenvalue weighted by Gasteiger charge is 2.29. The smallest absolute Gasteiger partial charge is 0.144 e. The highest BCUT2D eigenvalue weighted by Crippen LogP contribution is 2.25. The van der Waals surface area contributed by atoms with Crippen LogP contribution in [0, 0.1) is 0 Å². The van der Waals surface area contributed by atoms with Gasteiger partial charge in [-0.2, -0.15) is 0 Å². The molecule has 1 aromatic heterocycles. The van der Waals surface area contributed by atoms with Gasteiger partial charge in [-0.05, 0) is 19.8 Å². The maximum absolute atomic E-state index is 5.49. The fraction of sp³-hybridized carbons (Fsp3) is 0.545. The van der Waals surface area contributed by atoms with Crippen molar-refractivity contribution >= 4 is 23.0 Å². The molecular formula is C11H16N4OS. The SMILES string of the molecule is CCOC1CC(Nc2cnc(C(N)=S)cn2)C1. The van der Waals surface area contributed by atoms with Crippen LogP contribution >= 0.6 is 12.2 Å². The highest BCUT2D eigenvalue weighted by atomic mass is 32.1. The van der Waals surface area contributed by atoms with Gasteiger partial charge in [-0.3, -0.25) is 0 Å². The van der Waals surface area contributed by atoms with Gasteiger partial charge in [-0.1, -0.05) is 12.2 Å². The predicted molar refractivity (Wildman–Crippen MR) is 70.0 cm³/mol. The summed E-state index contributed by atoms with van der Waals surface area (Å²) < 4.78 is 5.49. The van der Waals surface area contributed by atoms with Crippen molar-refractivity contribution in [3.63, 3.8) is 0 Å². The Morgan fingerprint density at radius 3 is 2.82 bits per heavy atom. The zero-order chi connectivity index (χ0) is 12.3. The van der Waals surface area contributed by atoms with Crippen molar-refractivity contribution in [2.24, 2.45) is 5.73 Å². The van der Waals surface area contributed by atoms with Crippen LogP contribution in [0.1, 0.15) is 25.5 Å². The summed E-state index contributed by atoms with van der Waals surface area (Å²) in [5, 5.41) is 3.30. The van der Waals surface area contributed by atoms with E-state index in [0.29, 0.717) is 17.8 Å². The lowest BCUT2D eigenvalue weighted by Gasteiger charge is -2.35. The molecule has 0 aliphatic heterocycles. The lowest BCUT2D eigenvalue weighted by Crippen LogP contribution is -2.41. The van der Waals surface area contributed by atoms with Gasteiger partial charge in [0.2, 0.25) is 0 Å². The van der Waals surface area contributed by atoms with E-state index in [-0.39, 0.29) is 4.99 Å². The number of thiocarbonyl (C=S) groups is 1. The van der Waals surface area contributed by atoms with E-state index in [1.165, 1.54) is 0 Å². The Bertz CT molecular complexity index is 389. The second-order valence-corrected chi connectivity index (χ2v) is 4.48. The van der Waals surface area contributed by atoms with Crippen LogP contribution in [-0.2, 0) is 4.74 Å². The average molecular weight is 252 g/mol. The molecule has 1 heterocycles. The van der Waals surface area contributed by atoms with E-state index in [9.17, 15) is 0 Å². The van der Waals surface area contributed by atoms with Gasteiger partial charge in [0.05, 0.1) is 18.5 Å². The van der Waals surface area contributed by atoms with Gasteiger partial charge in [-0.15, -0.1) is 0 Å². The Kier molecular flexibility index (Phi) is 3.86. The molecule has 5 nitrogen and oxygen atoms in total. The van der Waals surface area contributed by atoms with Gasteiger partial charge in [0.25, 0.3) is 0 Å². The Morgan fingerprint density at radius 2 is 2.29 bits per heavy atom. The minimum absolute atomic E-state index is 0.268. The fourth-order valence-electron chi connectivity index (χ4n) is 1.79. The number of hydrogen-bond acceptors (Lipinski definition) is 5. The van der Waals surface area contributed by atoms with Crippen LogP contribution in [-0.4, -0.2) is 33.7 Å². The van der Waals surface area contributed by atoms with Crippen molar-refractivity contribution in [1.82, 2.24) is 9.97 Å². The van der Waals surface area contributed by atoms with Crippen LogP contribution in [0.25, 0.3) is 0 Å². The quantitative estimate of drug-likeness (QED) is 0.764. The van der Waals surface area contributed by atoms with Gasteiger partial charge in [0.15, 0.2) is 0 Å². The first-order chi connectivity index (χ1) is 8.19. The van der Waals surface area contributed by atoms with E-state index in [1.54, 1.807) is 12.4 Å². The molecule has 0 bridgehead atoms. The zero-order valence-corrected chi connectivity index (χ0v) is 10.5. The first-order valence-corrected chi connectivity index (χ1v) is 6.10. The molecule has 0 spiro atoms. The van der Waals surface area contributed by atoms with Gasteiger partial charge in [0.1, 0.15) is 16.5 Å². The third kappa shape index (κ3) is 3.10. The Labute approximate surface area is 106 Å². The fourth-order valence-corrected chi connectivity index (χ4v) is 1.90. The van der Waals surface area contributed by atoms with Crippen molar-refractivity contribution < 1.29 is 4.74 Å². The molecule has 1 aliphatic rings. The van der Waals surface area contributed by atoms with Crippen LogP contribution in [0.15, 0.2) is 12.4 Å². The summed E-state index contributed by atoms with van der Waals surface area (Å²) in [5.41, 5.74) is 5.99. The molecule has 6 heteroatoms. The molecule has 1 fully saturated rings. The van der Waals surface area contributed by atoms with Crippen LogP contribution in [0.5, 0.6) is 0 Å². The molecular weight excluding hydrogens is 236 g/mol. The van der Waals surface area contributed by atoms with Crippen LogP contribution in [0.3, 0.4) is 0 Å². The van der Waals surface area contributed by atoms with Crippen LogP contribution in [0.4, 0.5) is 5.82 Å². The molecule has 0 saturated heterocycles. The summed E-state index contributed by atoms with van der Waals surface area (Å²) in [6.45, 7) is 2.79. The molecule has 0 radical (unpaired) electrons. The first-order valence-electron chi connectivity index (χ1n) is 5.69. The number of nitrogens with two attached hydrogens (primary N) is 1. The van der Waals surface area contributed by atoms with Crippen molar-refractivity contribution in [3.05, 3.63) is 18.1 Å². The summed E-state index contributed by atoms with van der Waals surface area (Å²) in [6, 6.07) is 0.427. The second kappa shape index (κ2) is 5.37. The lowest BCUT2D eigenvalue weighted by atomic mass is 9.89. The standard InChI is InChI=1S/C11H16N4OS/c1-2-16-8-3-7(4-8)15-10-6-13-9(5-14-10)11(12)17/h5-8H,2-4H2,1H3,(H2,12,17)(H,14,15). The summed E-state index contributed by atoms with van der Waals surface area (Å²) in [4.78, 5) is 8.60. The predicted octanol–water partition coefficient (Wildman–Crippen LogP) is 1.09. The first kappa shape index (κ1) is 12.2. The summed E-state index contributed by atoms with van der Waals surface area (Å²) in [7, 11) is 0. The molecule has 3 N–H and O–H groups in total. The minimum atomic E-state index is 0.268. The Morgan fingerprint density at radius 1 is 1.53 bits per heavy atom. The van der Waals surface area contributed by atoms with Gasteiger partial charge in [-0.25, -0.2) is 9.97 Å². The van der Waals surface area contributed by atoms with Gasteiger partial charge >= 0.3 is 0 Å². The molecule has 17 heavy (non-hydrogen) atoms. The molecule has 2 rings (SSSR count). The molecule has 0 amide bonds. The van der Waals surface area contributed by atoms with Crippen molar-refractivity contribution in [2.45, 2.75) is 31.9 Å². The third-order valence-corrected chi connectivity index (χ3v) is 2.96. The maximum Gasteiger partial charge on any atom is 0.144 e. The van der Waals surface area contributed by atoms with Crippen molar-refractivity contribution in [1.29, 1.82) is 0 Å². The summed E-state index contributed by atoms with van der Waals surface area (Å²) in [5.74, 6) is 0.755. The Hall–Kier alpha value is -1.27. The summed E-state index contributed by atoms with van der Waals surface area (Å²) in [6.07, 6.45) is 5.67. The number of hydrogen-bond donors (Lipinski definition) is 2. The monoisotopic (exact) mass is 252 g/mol. The molecule has 1 saturated carbocycles. The molecule has 0 aromatic carbocycles. The van der Waals surface area contributed by atoms with E-state index >= 15 is 0 Å². The number of anilines is 1. The number of aromatic nitrogens is 2. The Balaban J connectivity index is 1.82. The van der Waals surface area contributed by atoms with Crippen LogP contribution in [0.2, 0.25) is 0 Å². The van der Waals surface area contributed by atoms with E-state index in [1.807, 2.05) is 6.92 Å². The van der Waals surface area contributed by atoms with Gasteiger partial charge in [0, 0.05) is 12.6 Å². The lowest BCUT2D eigenvalue weighted by molar-refractivity contribution is 0.00292. The second-order valence-electron chi connectivity index (χ2n) is 4.04. The highest BCUT2D eigenvalue weighted by molar-refractivity contribution is 7.80. The van der Waals surface area contributed by atoms with E-state index in [0.717, 1.165) is 25.3 Å². The van der Waals surface area contributed by atoms with E-state index < -0.39 is 0 Å². The number of nitrogens with one attached hydrogen (secondary N) is 1. The minimum Gasteiger partial charge on any atom is -0.388 e. The summed E-state index contributed by atoms with van der Waals surface area (Å²) >= 11 is 4.81. The van der Waals surface area contributed by atoms with Gasteiger partial charge < -0.3 is 15.8 Å². The normalized spacial score (nSPS) is 22.9. The van der Waals surface area contributed by atoms with E-state index in [4.69, 9.17) is 22.7 Å². The largest absolute Gasteiger partial charge is 0.388 e. The molecule has 1 aromatic rings.